The topological polar surface area (TPSA) is 30.2 Å². The Balaban J connectivity index is 2.87. The Labute approximate surface area is 72.6 Å². The Hall–Kier alpha value is -1.05. The largest absolute Gasteiger partial charge is 0.458 e. The summed E-state index contributed by atoms with van der Waals surface area (Å²) in [5, 5.41) is 0. The van der Waals surface area contributed by atoms with Crippen LogP contribution in [0.4, 0.5) is 0 Å². The van der Waals surface area contributed by atoms with E-state index in [1.54, 1.807) is 0 Å². The zero-order chi connectivity index (χ0) is 9.14. The van der Waals surface area contributed by atoms with Crippen molar-refractivity contribution in [2.45, 2.75) is 33.6 Å². The molecule has 0 amide bonds. The average Bonchev–Trinajstić information content (AvgIpc) is 2.30. The van der Waals surface area contributed by atoms with E-state index >= 15 is 0 Å². The van der Waals surface area contributed by atoms with E-state index in [4.69, 9.17) is 4.42 Å². The summed E-state index contributed by atoms with van der Waals surface area (Å²) in [6.07, 6.45) is 1.45. The third-order valence-electron chi connectivity index (χ3n) is 1.77. The molecular weight excluding hydrogens is 152 g/mol. The Morgan fingerprint density at radius 1 is 1.50 bits per heavy atom. The Morgan fingerprint density at radius 3 is 2.58 bits per heavy atom. The number of Topliss-reactive ketones (excluding diaryl/α,β-unsaturated/α-hetero) is 1. The summed E-state index contributed by atoms with van der Waals surface area (Å²) in [6.45, 7) is 5.75. The molecule has 1 heterocycles. The molecule has 0 aliphatic carbocycles. The summed E-state index contributed by atoms with van der Waals surface area (Å²) >= 11 is 0. The highest BCUT2D eigenvalue weighted by molar-refractivity contribution is 5.94. The molecule has 1 rings (SSSR count). The lowest BCUT2D eigenvalue weighted by Crippen LogP contribution is -1.97. The fourth-order valence-electron chi connectivity index (χ4n) is 1.26. The summed E-state index contributed by atoms with van der Waals surface area (Å²) in [5.41, 5.74) is 0.950. The van der Waals surface area contributed by atoms with Crippen LogP contribution in [0.25, 0.3) is 0 Å². The molecule has 0 radical (unpaired) electrons. The van der Waals surface area contributed by atoms with Gasteiger partial charge in [0.1, 0.15) is 5.76 Å². The summed E-state index contributed by atoms with van der Waals surface area (Å²) in [5.74, 6) is 1.46. The minimum absolute atomic E-state index is 0.114. The number of rotatable bonds is 3. The van der Waals surface area contributed by atoms with Crippen LogP contribution in [-0.2, 0) is 0 Å². The van der Waals surface area contributed by atoms with Crippen molar-refractivity contribution in [1.82, 2.24) is 0 Å². The number of carbonyl (C=O) groups excluding carboxylic acids is 1. The molecule has 0 spiro atoms. The van der Waals surface area contributed by atoms with Crippen LogP contribution < -0.4 is 0 Å². The van der Waals surface area contributed by atoms with Gasteiger partial charge in [-0.15, -0.1) is 0 Å². The molecule has 66 valence electrons. The van der Waals surface area contributed by atoms with Gasteiger partial charge >= 0.3 is 0 Å². The van der Waals surface area contributed by atoms with Crippen LogP contribution in [0.2, 0.25) is 0 Å². The van der Waals surface area contributed by atoms with Gasteiger partial charge in [-0.2, -0.15) is 0 Å². The van der Waals surface area contributed by atoms with E-state index in [-0.39, 0.29) is 5.78 Å². The fraction of sp³-hybridized carbons (Fsp3) is 0.500. The molecule has 0 aliphatic rings. The molecule has 0 saturated carbocycles. The number of aryl methyl sites for hydroxylation is 2. The van der Waals surface area contributed by atoms with Gasteiger partial charge in [0.25, 0.3) is 0 Å². The van der Waals surface area contributed by atoms with Crippen molar-refractivity contribution in [2.24, 2.45) is 0 Å². The highest BCUT2D eigenvalue weighted by Crippen LogP contribution is 2.15. The zero-order valence-corrected chi connectivity index (χ0v) is 7.81. The quantitative estimate of drug-likeness (QED) is 0.646. The molecule has 0 bridgehead atoms. The van der Waals surface area contributed by atoms with Crippen LogP contribution >= 0.6 is 0 Å². The van der Waals surface area contributed by atoms with E-state index in [9.17, 15) is 4.79 Å². The smallest absolute Gasteiger partial charge is 0.198 e. The monoisotopic (exact) mass is 166 g/mol. The van der Waals surface area contributed by atoms with Gasteiger partial charge in [0.05, 0.1) is 0 Å². The summed E-state index contributed by atoms with van der Waals surface area (Å²) in [7, 11) is 0. The van der Waals surface area contributed by atoms with Crippen LogP contribution in [0.5, 0.6) is 0 Å². The number of furan rings is 1. The van der Waals surface area contributed by atoms with Crippen molar-refractivity contribution in [2.75, 3.05) is 0 Å². The Bertz CT molecular complexity index is 284. The van der Waals surface area contributed by atoms with Crippen LogP contribution in [0.1, 0.15) is 41.6 Å². The second kappa shape index (κ2) is 3.57. The maximum absolute atomic E-state index is 11.4. The molecule has 2 nitrogen and oxygen atoms in total. The van der Waals surface area contributed by atoms with Gasteiger partial charge in [-0.05, 0) is 31.9 Å². The lowest BCUT2D eigenvalue weighted by Gasteiger charge is -1.94. The van der Waals surface area contributed by atoms with Gasteiger partial charge in [-0.1, -0.05) is 6.92 Å². The van der Waals surface area contributed by atoms with Gasteiger partial charge in [-0.25, -0.2) is 0 Å². The molecule has 2 heteroatoms. The summed E-state index contributed by atoms with van der Waals surface area (Å²) in [6, 6.07) is 1.89. The number of ketones is 1. The summed E-state index contributed by atoms with van der Waals surface area (Å²) in [4.78, 5) is 11.4. The van der Waals surface area contributed by atoms with E-state index in [0.717, 1.165) is 17.7 Å². The summed E-state index contributed by atoms with van der Waals surface area (Å²) < 4.78 is 5.28. The van der Waals surface area contributed by atoms with Gasteiger partial charge in [0, 0.05) is 6.42 Å². The molecule has 0 aliphatic heterocycles. The van der Waals surface area contributed by atoms with E-state index in [1.807, 2.05) is 26.8 Å². The van der Waals surface area contributed by atoms with Crippen molar-refractivity contribution < 1.29 is 9.21 Å². The first-order chi connectivity index (χ1) is 5.65. The first kappa shape index (κ1) is 9.04. The Morgan fingerprint density at radius 2 is 2.17 bits per heavy atom. The molecule has 12 heavy (non-hydrogen) atoms. The van der Waals surface area contributed by atoms with Crippen LogP contribution in [0.15, 0.2) is 10.5 Å². The minimum Gasteiger partial charge on any atom is -0.458 e. The van der Waals surface area contributed by atoms with E-state index < -0.39 is 0 Å². The highest BCUT2D eigenvalue weighted by atomic mass is 16.3. The average molecular weight is 166 g/mol. The molecular formula is C10H14O2. The van der Waals surface area contributed by atoms with Gasteiger partial charge in [0.15, 0.2) is 11.5 Å². The first-order valence-electron chi connectivity index (χ1n) is 4.25. The minimum atomic E-state index is 0.114. The second-order valence-electron chi connectivity index (χ2n) is 3.04. The van der Waals surface area contributed by atoms with E-state index in [2.05, 4.69) is 0 Å². The molecule has 0 fully saturated rings. The van der Waals surface area contributed by atoms with Crippen molar-refractivity contribution in [3.63, 3.8) is 0 Å². The number of carbonyl (C=O) groups is 1. The number of hydrogen-bond acceptors (Lipinski definition) is 2. The zero-order valence-electron chi connectivity index (χ0n) is 7.81. The second-order valence-corrected chi connectivity index (χ2v) is 3.04. The third kappa shape index (κ3) is 1.76. The Kier molecular flexibility index (Phi) is 2.69. The van der Waals surface area contributed by atoms with Crippen LogP contribution in [0.3, 0.4) is 0 Å². The van der Waals surface area contributed by atoms with Gasteiger partial charge < -0.3 is 4.42 Å². The van der Waals surface area contributed by atoms with Crippen molar-refractivity contribution >= 4 is 5.78 Å². The number of hydrogen-bond donors (Lipinski definition) is 0. The highest BCUT2D eigenvalue weighted by Gasteiger charge is 2.12. The first-order valence-corrected chi connectivity index (χ1v) is 4.25. The predicted octanol–water partition coefficient (Wildman–Crippen LogP) is 2.88. The SMILES string of the molecule is CCCC(=O)c1oc(C)cc1C. The molecule has 0 unspecified atom stereocenters. The van der Waals surface area contributed by atoms with Crippen molar-refractivity contribution in [1.29, 1.82) is 0 Å². The molecule has 1 aromatic heterocycles. The molecule has 0 N–H and O–H groups in total. The maximum atomic E-state index is 11.4. The lowest BCUT2D eigenvalue weighted by atomic mass is 10.1. The molecule has 0 aromatic carbocycles. The predicted molar refractivity (Wildman–Crippen MR) is 47.4 cm³/mol. The van der Waals surface area contributed by atoms with E-state index in [1.165, 1.54) is 0 Å². The van der Waals surface area contributed by atoms with E-state index in [0.29, 0.717) is 12.2 Å². The van der Waals surface area contributed by atoms with Crippen molar-refractivity contribution in [3.05, 3.63) is 23.2 Å². The van der Waals surface area contributed by atoms with Crippen molar-refractivity contribution in [3.8, 4) is 0 Å². The lowest BCUT2D eigenvalue weighted by molar-refractivity contribution is 0.0953. The standard InChI is InChI=1S/C10H14O2/c1-4-5-9(11)10-7(2)6-8(3)12-10/h6H,4-5H2,1-3H3. The molecule has 1 aromatic rings. The fourth-order valence-corrected chi connectivity index (χ4v) is 1.26. The normalized spacial score (nSPS) is 10.2. The maximum Gasteiger partial charge on any atom is 0.198 e. The van der Waals surface area contributed by atoms with Gasteiger partial charge in [0.2, 0.25) is 0 Å². The third-order valence-corrected chi connectivity index (χ3v) is 1.77. The van der Waals surface area contributed by atoms with Crippen LogP contribution in [-0.4, -0.2) is 5.78 Å². The van der Waals surface area contributed by atoms with Crippen LogP contribution in [0, 0.1) is 13.8 Å². The van der Waals surface area contributed by atoms with Gasteiger partial charge in [-0.3, -0.25) is 4.79 Å². The molecule has 0 saturated heterocycles. The molecule has 0 atom stereocenters.